The summed E-state index contributed by atoms with van der Waals surface area (Å²) in [4.78, 5) is 12.5. The number of carbonyl (C=O) groups is 1. The van der Waals surface area contributed by atoms with Crippen molar-refractivity contribution >= 4 is 11.6 Å². The summed E-state index contributed by atoms with van der Waals surface area (Å²) >= 11 is 0. The third-order valence-electron chi connectivity index (χ3n) is 4.18. The number of aryl methyl sites for hydroxylation is 2. The Bertz CT molecular complexity index is 739. The van der Waals surface area contributed by atoms with Crippen LogP contribution in [0.4, 0.5) is 5.69 Å². The number of nitrogens with one attached hydrogen (secondary N) is 1. The van der Waals surface area contributed by atoms with Crippen LogP contribution in [0.1, 0.15) is 16.7 Å². The molecule has 0 saturated heterocycles. The van der Waals surface area contributed by atoms with Crippen molar-refractivity contribution in [1.82, 2.24) is 0 Å². The summed E-state index contributed by atoms with van der Waals surface area (Å²) in [7, 11) is 1.63. The Morgan fingerprint density at radius 3 is 2.78 bits per heavy atom. The van der Waals surface area contributed by atoms with Gasteiger partial charge in [-0.05, 0) is 55.7 Å². The summed E-state index contributed by atoms with van der Waals surface area (Å²) in [6, 6.07) is 11.7. The van der Waals surface area contributed by atoms with E-state index in [4.69, 9.17) is 9.47 Å². The Labute approximate surface area is 136 Å². The van der Waals surface area contributed by atoms with Gasteiger partial charge in [-0.15, -0.1) is 0 Å². The Hall–Kier alpha value is -2.49. The number of amides is 1. The number of hydrogen-bond acceptors (Lipinski definition) is 3. The molecule has 0 bridgehead atoms. The second-order valence-corrected chi connectivity index (χ2v) is 5.99. The lowest BCUT2D eigenvalue weighted by molar-refractivity contribution is -0.121. The van der Waals surface area contributed by atoms with Gasteiger partial charge < -0.3 is 14.8 Å². The van der Waals surface area contributed by atoms with Gasteiger partial charge in [0.05, 0.1) is 13.0 Å². The summed E-state index contributed by atoms with van der Waals surface area (Å²) in [5, 5.41) is 3.02. The van der Waals surface area contributed by atoms with Crippen molar-refractivity contribution in [3.05, 3.63) is 53.1 Å². The lowest BCUT2D eigenvalue weighted by Crippen LogP contribution is -2.32. The molecule has 1 atom stereocenters. The molecule has 1 heterocycles. The van der Waals surface area contributed by atoms with Crippen LogP contribution in [0.3, 0.4) is 0 Å². The lowest BCUT2D eigenvalue weighted by atomic mass is 9.95. The Morgan fingerprint density at radius 1 is 1.22 bits per heavy atom. The first-order valence-corrected chi connectivity index (χ1v) is 7.74. The van der Waals surface area contributed by atoms with Crippen molar-refractivity contribution in [3.63, 3.8) is 0 Å². The number of fused-ring (bicyclic) bond motifs is 1. The molecule has 2 aromatic rings. The molecule has 1 aliphatic rings. The molecular formula is C19H21NO3. The maximum Gasteiger partial charge on any atom is 0.231 e. The van der Waals surface area contributed by atoms with Crippen molar-refractivity contribution in [2.75, 3.05) is 19.0 Å². The molecule has 1 amide bonds. The predicted octanol–water partition coefficient (Wildman–Crippen LogP) is 3.50. The van der Waals surface area contributed by atoms with E-state index in [0.29, 0.717) is 13.0 Å². The summed E-state index contributed by atoms with van der Waals surface area (Å²) < 4.78 is 11.0. The highest BCUT2D eigenvalue weighted by atomic mass is 16.5. The molecule has 1 unspecified atom stereocenters. The van der Waals surface area contributed by atoms with Gasteiger partial charge in [-0.3, -0.25) is 4.79 Å². The molecule has 2 aromatic carbocycles. The molecule has 3 rings (SSSR count). The van der Waals surface area contributed by atoms with Crippen molar-refractivity contribution in [2.24, 2.45) is 5.92 Å². The van der Waals surface area contributed by atoms with Crippen molar-refractivity contribution in [1.29, 1.82) is 0 Å². The average Bonchev–Trinajstić information content (AvgIpc) is 2.56. The normalized spacial score (nSPS) is 16.2. The van der Waals surface area contributed by atoms with Gasteiger partial charge in [0, 0.05) is 5.69 Å². The first kappa shape index (κ1) is 15.4. The highest BCUT2D eigenvalue weighted by molar-refractivity contribution is 5.93. The molecule has 0 aromatic heterocycles. The van der Waals surface area contributed by atoms with E-state index in [2.05, 4.69) is 11.4 Å². The zero-order valence-corrected chi connectivity index (χ0v) is 13.7. The minimum Gasteiger partial charge on any atom is -0.497 e. The molecule has 0 spiro atoms. The molecule has 0 saturated carbocycles. The van der Waals surface area contributed by atoms with Gasteiger partial charge in [0.1, 0.15) is 18.1 Å². The van der Waals surface area contributed by atoms with Crippen molar-refractivity contribution in [3.8, 4) is 11.5 Å². The van der Waals surface area contributed by atoms with E-state index in [9.17, 15) is 4.79 Å². The molecule has 1 N–H and O–H groups in total. The lowest BCUT2D eigenvalue weighted by Gasteiger charge is -2.25. The van der Waals surface area contributed by atoms with Crippen LogP contribution in [0.25, 0.3) is 0 Å². The molecule has 4 heteroatoms. The minimum absolute atomic E-state index is 0.00887. The van der Waals surface area contributed by atoms with Crippen molar-refractivity contribution < 1.29 is 14.3 Å². The van der Waals surface area contributed by atoms with E-state index in [0.717, 1.165) is 28.3 Å². The van der Waals surface area contributed by atoms with Crippen LogP contribution in [0.15, 0.2) is 36.4 Å². The summed E-state index contributed by atoms with van der Waals surface area (Å²) in [5.41, 5.74) is 4.12. The monoisotopic (exact) mass is 311 g/mol. The van der Waals surface area contributed by atoms with Crippen LogP contribution in [0.5, 0.6) is 11.5 Å². The fourth-order valence-corrected chi connectivity index (χ4v) is 2.85. The average molecular weight is 311 g/mol. The molecule has 0 aliphatic carbocycles. The van der Waals surface area contributed by atoms with Gasteiger partial charge in [0.2, 0.25) is 5.91 Å². The number of ether oxygens (including phenoxy) is 2. The van der Waals surface area contributed by atoms with Crippen LogP contribution in [-0.4, -0.2) is 19.6 Å². The first-order valence-electron chi connectivity index (χ1n) is 7.74. The van der Waals surface area contributed by atoms with E-state index in [1.54, 1.807) is 7.11 Å². The Balaban J connectivity index is 1.73. The molecule has 4 nitrogen and oxygen atoms in total. The molecule has 120 valence electrons. The van der Waals surface area contributed by atoms with Gasteiger partial charge in [0.15, 0.2) is 0 Å². The highest BCUT2D eigenvalue weighted by Gasteiger charge is 2.26. The Morgan fingerprint density at radius 2 is 2.04 bits per heavy atom. The molecule has 1 aliphatic heterocycles. The van der Waals surface area contributed by atoms with Gasteiger partial charge in [0.25, 0.3) is 0 Å². The summed E-state index contributed by atoms with van der Waals surface area (Å²) in [6.45, 7) is 4.44. The van der Waals surface area contributed by atoms with Crippen LogP contribution >= 0.6 is 0 Å². The highest BCUT2D eigenvalue weighted by Crippen LogP contribution is 2.31. The number of benzene rings is 2. The van der Waals surface area contributed by atoms with E-state index in [1.807, 2.05) is 44.2 Å². The summed E-state index contributed by atoms with van der Waals surface area (Å²) in [6.07, 6.45) is 0.656. The second-order valence-electron chi connectivity index (χ2n) is 5.99. The van der Waals surface area contributed by atoms with Crippen molar-refractivity contribution in [2.45, 2.75) is 20.3 Å². The first-order chi connectivity index (χ1) is 11.1. The fraction of sp³-hybridized carbons (Fsp3) is 0.316. The van der Waals surface area contributed by atoms with Crippen LogP contribution in [0, 0.1) is 19.8 Å². The second kappa shape index (κ2) is 6.32. The number of methoxy groups -OCH3 is 1. The van der Waals surface area contributed by atoms with E-state index < -0.39 is 0 Å². The van der Waals surface area contributed by atoms with Gasteiger partial charge in [-0.2, -0.15) is 0 Å². The summed E-state index contributed by atoms with van der Waals surface area (Å²) in [5.74, 6) is 1.41. The maximum absolute atomic E-state index is 12.5. The third kappa shape index (κ3) is 3.31. The van der Waals surface area contributed by atoms with E-state index in [-0.39, 0.29) is 11.8 Å². The number of rotatable bonds is 3. The molecule has 0 radical (unpaired) electrons. The standard InChI is InChI=1S/C19H21NO3/c1-12-4-6-17(13(2)8-12)20-19(21)15-9-14-10-16(22-3)5-7-18(14)23-11-15/h4-8,10,15H,9,11H2,1-3H3,(H,20,21). The smallest absolute Gasteiger partial charge is 0.231 e. The topological polar surface area (TPSA) is 47.6 Å². The van der Waals surface area contributed by atoms with E-state index >= 15 is 0 Å². The molecule has 0 fully saturated rings. The maximum atomic E-state index is 12.5. The van der Waals surface area contributed by atoms with E-state index in [1.165, 1.54) is 5.56 Å². The number of hydrogen-bond donors (Lipinski definition) is 1. The molecular weight excluding hydrogens is 290 g/mol. The number of carbonyl (C=O) groups excluding carboxylic acids is 1. The zero-order chi connectivity index (χ0) is 16.4. The zero-order valence-electron chi connectivity index (χ0n) is 13.7. The molecule has 23 heavy (non-hydrogen) atoms. The quantitative estimate of drug-likeness (QED) is 0.943. The van der Waals surface area contributed by atoms with Crippen LogP contribution in [-0.2, 0) is 11.2 Å². The van der Waals surface area contributed by atoms with Crippen LogP contribution in [0.2, 0.25) is 0 Å². The minimum atomic E-state index is -0.199. The SMILES string of the molecule is COc1ccc2c(c1)CC(C(=O)Nc1ccc(C)cc1C)CO2. The fourth-order valence-electron chi connectivity index (χ4n) is 2.85. The van der Waals surface area contributed by atoms with Crippen LogP contribution < -0.4 is 14.8 Å². The van der Waals surface area contributed by atoms with Gasteiger partial charge >= 0.3 is 0 Å². The predicted molar refractivity (Wildman–Crippen MR) is 90.2 cm³/mol. The Kier molecular flexibility index (Phi) is 4.24. The third-order valence-corrected chi connectivity index (χ3v) is 4.18. The number of anilines is 1. The van der Waals surface area contributed by atoms with Gasteiger partial charge in [-0.1, -0.05) is 17.7 Å². The van der Waals surface area contributed by atoms with Gasteiger partial charge in [-0.25, -0.2) is 0 Å². The largest absolute Gasteiger partial charge is 0.497 e.